The van der Waals surface area contributed by atoms with Gasteiger partial charge in [0.2, 0.25) is 11.8 Å². The van der Waals surface area contributed by atoms with E-state index in [1.807, 2.05) is 0 Å². The predicted octanol–water partition coefficient (Wildman–Crippen LogP) is 0.638. The third-order valence-corrected chi connectivity index (χ3v) is 3.38. The summed E-state index contributed by atoms with van der Waals surface area (Å²) in [5.41, 5.74) is 0.235. The molecule has 0 spiro atoms. The van der Waals surface area contributed by atoms with Crippen molar-refractivity contribution in [2.45, 2.75) is 0 Å². The number of amides is 4. The lowest BCUT2D eigenvalue weighted by Crippen LogP contribution is -2.54. The second kappa shape index (κ2) is 5.92. The molecule has 1 saturated heterocycles. The van der Waals surface area contributed by atoms with E-state index >= 15 is 0 Å². The summed E-state index contributed by atoms with van der Waals surface area (Å²) in [6.07, 6.45) is 0. The highest BCUT2D eigenvalue weighted by molar-refractivity contribution is 9.10. The Bertz CT molecular complexity index is 630. The summed E-state index contributed by atoms with van der Waals surface area (Å²) in [5, 5.41) is 13.5. The fourth-order valence-electron chi connectivity index (χ4n) is 1.73. The van der Waals surface area contributed by atoms with E-state index in [0.29, 0.717) is 4.47 Å². The Labute approximate surface area is 127 Å². The number of hydrogen-bond acceptors (Lipinski definition) is 4. The van der Waals surface area contributed by atoms with Gasteiger partial charge in [0.1, 0.15) is 13.1 Å². The minimum Gasteiger partial charge on any atom is -0.478 e. The molecule has 3 N–H and O–H groups in total. The molecule has 9 heteroatoms. The summed E-state index contributed by atoms with van der Waals surface area (Å²) in [6.45, 7) is -0.484. The lowest BCUT2D eigenvalue weighted by Gasteiger charge is -2.25. The Hall–Kier alpha value is -2.42. The fraction of sp³-hybridized carbons (Fsp3) is 0.167. The van der Waals surface area contributed by atoms with Gasteiger partial charge < -0.3 is 15.3 Å². The van der Waals surface area contributed by atoms with E-state index in [9.17, 15) is 19.2 Å². The first-order valence-corrected chi connectivity index (χ1v) is 6.57. The van der Waals surface area contributed by atoms with Gasteiger partial charge in [0.25, 0.3) is 0 Å². The maximum absolute atomic E-state index is 12.0. The normalized spacial score (nSPS) is 14.6. The van der Waals surface area contributed by atoms with Crippen molar-refractivity contribution in [3.63, 3.8) is 0 Å². The van der Waals surface area contributed by atoms with E-state index in [4.69, 9.17) is 5.11 Å². The summed E-state index contributed by atoms with van der Waals surface area (Å²) >= 11 is 3.18. The largest absolute Gasteiger partial charge is 0.478 e. The molecule has 0 aromatic heterocycles. The average Bonchev–Trinajstić information content (AvgIpc) is 2.39. The van der Waals surface area contributed by atoms with E-state index in [-0.39, 0.29) is 24.3 Å². The first-order chi connectivity index (χ1) is 9.86. The molecule has 4 amide bonds. The zero-order valence-electron chi connectivity index (χ0n) is 10.6. The van der Waals surface area contributed by atoms with Crippen molar-refractivity contribution in [2.75, 3.05) is 18.4 Å². The summed E-state index contributed by atoms with van der Waals surface area (Å²) in [4.78, 5) is 46.4. The smallest absolute Gasteiger partial charge is 0.335 e. The van der Waals surface area contributed by atoms with Crippen LogP contribution in [0.4, 0.5) is 10.5 Å². The Morgan fingerprint density at radius 2 is 1.86 bits per heavy atom. The van der Waals surface area contributed by atoms with Gasteiger partial charge in [-0.05, 0) is 34.1 Å². The van der Waals surface area contributed by atoms with Gasteiger partial charge in [-0.25, -0.2) is 9.59 Å². The van der Waals surface area contributed by atoms with E-state index in [1.54, 1.807) is 0 Å². The highest BCUT2D eigenvalue weighted by Crippen LogP contribution is 2.24. The number of benzene rings is 1. The van der Waals surface area contributed by atoms with Crippen molar-refractivity contribution in [3.8, 4) is 0 Å². The second-order valence-corrected chi connectivity index (χ2v) is 5.11. The molecule has 110 valence electrons. The van der Waals surface area contributed by atoms with E-state index in [2.05, 4.69) is 26.6 Å². The van der Waals surface area contributed by atoms with Gasteiger partial charge in [-0.3, -0.25) is 14.9 Å². The first kappa shape index (κ1) is 15.0. The van der Waals surface area contributed by atoms with Crippen molar-refractivity contribution in [3.05, 3.63) is 28.2 Å². The number of carbonyl (C=O) groups excluding carboxylic acids is 3. The van der Waals surface area contributed by atoms with Gasteiger partial charge in [-0.1, -0.05) is 0 Å². The van der Waals surface area contributed by atoms with Crippen LogP contribution in [0.15, 0.2) is 22.7 Å². The highest BCUT2D eigenvalue weighted by Gasteiger charge is 2.26. The summed E-state index contributed by atoms with van der Waals surface area (Å²) in [7, 11) is 0. The maximum Gasteiger partial charge on any atom is 0.335 e. The van der Waals surface area contributed by atoms with Crippen molar-refractivity contribution < 1.29 is 24.3 Å². The summed E-state index contributed by atoms with van der Waals surface area (Å²) in [6, 6.07) is 3.46. The topological polar surface area (TPSA) is 116 Å². The molecule has 1 heterocycles. The standard InChI is InChI=1S/C12H10BrN3O5/c13-7-2-1-6(11(19)20)3-8(7)14-12(21)16-4-9(17)15-10(18)5-16/h1-3H,4-5H2,(H,14,21)(H,19,20)(H,15,17,18). The number of carboxylic acids is 1. The summed E-state index contributed by atoms with van der Waals surface area (Å²) < 4.78 is 0.480. The van der Waals surface area contributed by atoms with Gasteiger partial charge in [0.15, 0.2) is 0 Å². The maximum atomic E-state index is 12.0. The number of urea groups is 1. The highest BCUT2D eigenvalue weighted by atomic mass is 79.9. The third kappa shape index (κ3) is 3.57. The van der Waals surface area contributed by atoms with Gasteiger partial charge in [-0.15, -0.1) is 0 Å². The number of rotatable bonds is 2. The molecular weight excluding hydrogens is 346 g/mol. The molecule has 21 heavy (non-hydrogen) atoms. The number of piperazine rings is 1. The second-order valence-electron chi connectivity index (χ2n) is 4.26. The molecule has 1 aromatic rings. The molecule has 1 aromatic carbocycles. The number of carboxylic acid groups (broad SMARTS) is 1. The molecular formula is C12H10BrN3O5. The van der Waals surface area contributed by atoms with Crippen molar-refractivity contribution >= 4 is 45.4 Å². The van der Waals surface area contributed by atoms with Crippen LogP contribution in [0.25, 0.3) is 0 Å². The predicted molar refractivity (Wildman–Crippen MR) is 74.8 cm³/mol. The van der Waals surface area contributed by atoms with Crippen molar-refractivity contribution in [1.82, 2.24) is 10.2 Å². The number of nitrogens with one attached hydrogen (secondary N) is 2. The Morgan fingerprint density at radius 3 is 2.43 bits per heavy atom. The minimum atomic E-state index is -1.13. The molecule has 8 nitrogen and oxygen atoms in total. The zero-order valence-corrected chi connectivity index (χ0v) is 12.1. The van der Waals surface area contributed by atoms with Crippen LogP contribution in [0, 0.1) is 0 Å². The van der Waals surface area contributed by atoms with Crippen LogP contribution in [0.1, 0.15) is 10.4 Å². The van der Waals surface area contributed by atoms with Gasteiger partial charge in [-0.2, -0.15) is 0 Å². The molecule has 0 unspecified atom stereocenters. The third-order valence-electron chi connectivity index (χ3n) is 2.69. The zero-order chi connectivity index (χ0) is 15.6. The Balaban J connectivity index is 2.15. The van der Waals surface area contributed by atoms with E-state index in [1.165, 1.54) is 18.2 Å². The quantitative estimate of drug-likeness (QED) is 0.673. The van der Waals surface area contributed by atoms with Crippen molar-refractivity contribution in [1.29, 1.82) is 0 Å². The Kier molecular flexibility index (Phi) is 4.22. The number of imide groups is 1. The number of anilines is 1. The van der Waals surface area contributed by atoms with Gasteiger partial charge in [0.05, 0.1) is 11.3 Å². The van der Waals surface area contributed by atoms with Crippen LogP contribution in [0.5, 0.6) is 0 Å². The van der Waals surface area contributed by atoms with Crippen molar-refractivity contribution in [2.24, 2.45) is 0 Å². The Morgan fingerprint density at radius 1 is 1.24 bits per heavy atom. The van der Waals surface area contributed by atoms with E-state index < -0.39 is 23.8 Å². The number of nitrogens with zero attached hydrogens (tertiary/aromatic N) is 1. The SMILES string of the molecule is O=C1CN(C(=O)Nc2cc(C(=O)O)ccc2Br)CC(=O)N1. The lowest BCUT2D eigenvalue weighted by atomic mass is 10.2. The number of aromatic carboxylic acids is 1. The van der Waals surface area contributed by atoms with Crippen LogP contribution >= 0.6 is 15.9 Å². The average molecular weight is 356 g/mol. The molecule has 1 aliphatic heterocycles. The number of halogens is 1. The molecule has 0 radical (unpaired) electrons. The minimum absolute atomic E-state index is 0.000892. The van der Waals surface area contributed by atoms with Crippen LogP contribution in [0.3, 0.4) is 0 Å². The fourth-order valence-corrected chi connectivity index (χ4v) is 2.07. The van der Waals surface area contributed by atoms with Gasteiger partial charge >= 0.3 is 12.0 Å². The molecule has 0 saturated carbocycles. The number of hydrogen-bond donors (Lipinski definition) is 3. The van der Waals surface area contributed by atoms with Crippen LogP contribution < -0.4 is 10.6 Å². The first-order valence-electron chi connectivity index (χ1n) is 5.78. The van der Waals surface area contributed by atoms with E-state index in [0.717, 1.165) is 4.90 Å². The molecule has 0 aliphatic carbocycles. The monoisotopic (exact) mass is 355 g/mol. The molecule has 1 fully saturated rings. The van der Waals surface area contributed by atoms with Crippen LogP contribution in [-0.4, -0.2) is 46.9 Å². The molecule has 2 rings (SSSR count). The lowest BCUT2D eigenvalue weighted by molar-refractivity contribution is -0.134. The van der Waals surface area contributed by atoms with Gasteiger partial charge in [0, 0.05) is 4.47 Å². The molecule has 1 aliphatic rings. The number of carbonyl (C=O) groups is 4. The van der Waals surface area contributed by atoms with Crippen LogP contribution in [-0.2, 0) is 9.59 Å². The molecule has 0 atom stereocenters. The van der Waals surface area contributed by atoms with Crippen LogP contribution in [0.2, 0.25) is 0 Å². The summed E-state index contributed by atoms with van der Waals surface area (Å²) in [5.74, 6) is -2.27. The molecule has 0 bridgehead atoms.